The summed E-state index contributed by atoms with van der Waals surface area (Å²) in [5, 5.41) is 12.1. The molecule has 0 bridgehead atoms. The maximum absolute atomic E-state index is 8.73. The van der Waals surface area contributed by atoms with E-state index < -0.39 is 0 Å². The fraction of sp³-hybridized carbons (Fsp3) is 0.308. The van der Waals surface area contributed by atoms with Gasteiger partial charge >= 0.3 is 0 Å². The molecule has 2 rings (SSSR count). The van der Waals surface area contributed by atoms with E-state index in [2.05, 4.69) is 30.4 Å². The number of nitriles is 1. The summed E-state index contributed by atoms with van der Waals surface area (Å²) in [6.07, 6.45) is 1.11. The highest BCUT2D eigenvalue weighted by Crippen LogP contribution is 2.18. The third-order valence-corrected chi connectivity index (χ3v) is 4.66. The summed E-state index contributed by atoms with van der Waals surface area (Å²) in [5.74, 6) is 0. The zero-order valence-corrected chi connectivity index (χ0v) is 11.3. The number of nitrogens with zero attached hydrogens (tertiary/aromatic N) is 1. The van der Waals surface area contributed by atoms with Crippen LogP contribution in [0.5, 0.6) is 0 Å². The molecule has 2 aromatic rings. The molecule has 0 aliphatic carbocycles. The van der Waals surface area contributed by atoms with Gasteiger partial charge in [-0.25, -0.2) is 0 Å². The Bertz CT molecular complexity index is 520. The van der Waals surface area contributed by atoms with Gasteiger partial charge in [-0.2, -0.15) is 5.26 Å². The van der Waals surface area contributed by atoms with Gasteiger partial charge in [-0.3, -0.25) is 0 Å². The topological polar surface area (TPSA) is 35.8 Å². The van der Waals surface area contributed by atoms with Crippen LogP contribution in [0.2, 0.25) is 0 Å². The Hall–Kier alpha value is -1.15. The Morgan fingerprint density at radius 2 is 1.71 bits per heavy atom. The molecule has 0 aliphatic rings. The van der Waals surface area contributed by atoms with E-state index in [0.29, 0.717) is 0 Å². The molecule has 88 valence electrons. The molecule has 0 radical (unpaired) electrons. The second-order valence-electron chi connectivity index (χ2n) is 3.70. The van der Waals surface area contributed by atoms with Crippen molar-refractivity contribution in [1.82, 2.24) is 5.32 Å². The Labute approximate surface area is 110 Å². The SMILES string of the molecule is CCc1ccc(CNCc2ccc(C#N)s2)s1. The summed E-state index contributed by atoms with van der Waals surface area (Å²) in [4.78, 5) is 4.81. The lowest BCUT2D eigenvalue weighted by molar-refractivity contribution is 0.709. The summed E-state index contributed by atoms with van der Waals surface area (Å²) in [5.41, 5.74) is 0. The normalized spacial score (nSPS) is 10.4. The van der Waals surface area contributed by atoms with Gasteiger partial charge in [-0.05, 0) is 30.7 Å². The first-order valence-electron chi connectivity index (χ1n) is 5.59. The summed E-state index contributed by atoms with van der Waals surface area (Å²) < 4.78 is 0. The van der Waals surface area contributed by atoms with E-state index >= 15 is 0 Å². The summed E-state index contributed by atoms with van der Waals surface area (Å²) in [6, 6.07) is 10.4. The average molecular weight is 262 g/mol. The summed E-state index contributed by atoms with van der Waals surface area (Å²) in [7, 11) is 0. The van der Waals surface area contributed by atoms with Gasteiger partial charge < -0.3 is 5.32 Å². The highest BCUT2D eigenvalue weighted by atomic mass is 32.1. The largest absolute Gasteiger partial charge is 0.307 e. The van der Waals surface area contributed by atoms with E-state index in [1.54, 1.807) is 11.3 Å². The Morgan fingerprint density at radius 1 is 1.06 bits per heavy atom. The predicted molar refractivity (Wildman–Crippen MR) is 73.3 cm³/mol. The maximum Gasteiger partial charge on any atom is 0.110 e. The van der Waals surface area contributed by atoms with Crippen molar-refractivity contribution >= 4 is 22.7 Å². The molecule has 1 N–H and O–H groups in total. The van der Waals surface area contributed by atoms with Crippen molar-refractivity contribution in [2.75, 3.05) is 0 Å². The Morgan fingerprint density at radius 3 is 2.29 bits per heavy atom. The average Bonchev–Trinajstić information content (AvgIpc) is 2.97. The third-order valence-electron chi connectivity index (χ3n) is 2.44. The molecule has 4 heteroatoms. The van der Waals surface area contributed by atoms with Crippen LogP contribution in [0.3, 0.4) is 0 Å². The number of rotatable bonds is 5. The first-order valence-corrected chi connectivity index (χ1v) is 7.22. The molecular formula is C13H14N2S2. The molecule has 17 heavy (non-hydrogen) atoms. The molecule has 0 saturated heterocycles. The molecule has 0 unspecified atom stereocenters. The fourth-order valence-corrected chi connectivity index (χ4v) is 3.25. The lowest BCUT2D eigenvalue weighted by atomic mass is 10.3. The second kappa shape index (κ2) is 5.97. The highest BCUT2D eigenvalue weighted by Gasteiger charge is 2.01. The van der Waals surface area contributed by atoms with Crippen molar-refractivity contribution < 1.29 is 0 Å². The lowest BCUT2D eigenvalue weighted by Gasteiger charge is -1.99. The molecule has 2 heterocycles. The molecule has 0 saturated carbocycles. The quantitative estimate of drug-likeness (QED) is 0.894. The number of thiophene rings is 2. The van der Waals surface area contributed by atoms with Crippen LogP contribution in [0.15, 0.2) is 24.3 Å². The van der Waals surface area contributed by atoms with Crippen LogP contribution in [0.25, 0.3) is 0 Å². The molecule has 0 aromatic carbocycles. The van der Waals surface area contributed by atoms with Crippen LogP contribution in [-0.4, -0.2) is 0 Å². The van der Waals surface area contributed by atoms with Gasteiger partial charge in [-0.15, -0.1) is 22.7 Å². The Balaban J connectivity index is 1.81. The van der Waals surface area contributed by atoms with Crippen molar-refractivity contribution in [2.24, 2.45) is 0 Å². The maximum atomic E-state index is 8.73. The van der Waals surface area contributed by atoms with E-state index in [4.69, 9.17) is 5.26 Å². The third kappa shape index (κ3) is 3.40. The molecule has 0 atom stereocenters. The first kappa shape index (κ1) is 12.3. The van der Waals surface area contributed by atoms with Gasteiger partial charge in [0.25, 0.3) is 0 Å². The number of nitrogens with one attached hydrogen (secondary N) is 1. The molecule has 0 fully saturated rings. The van der Waals surface area contributed by atoms with Crippen molar-refractivity contribution in [3.8, 4) is 6.07 Å². The number of aryl methyl sites for hydroxylation is 1. The molecule has 0 spiro atoms. The summed E-state index contributed by atoms with van der Waals surface area (Å²) in [6.45, 7) is 3.92. The predicted octanol–water partition coefficient (Wildman–Crippen LogP) is 3.53. The van der Waals surface area contributed by atoms with E-state index in [1.165, 1.54) is 14.6 Å². The molecule has 0 amide bonds. The van der Waals surface area contributed by atoms with Gasteiger partial charge in [0.05, 0.1) is 0 Å². The van der Waals surface area contributed by atoms with Crippen molar-refractivity contribution in [2.45, 2.75) is 26.4 Å². The zero-order valence-electron chi connectivity index (χ0n) is 9.69. The van der Waals surface area contributed by atoms with Crippen molar-refractivity contribution in [1.29, 1.82) is 5.26 Å². The minimum atomic E-state index is 0.784. The first-order chi connectivity index (χ1) is 8.31. The van der Waals surface area contributed by atoms with Gasteiger partial charge in [0.15, 0.2) is 0 Å². The fourth-order valence-electron chi connectivity index (χ4n) is 1.55. The molecule has 0 aliphatic heterocycles. The van der Waals surface area contributed by atoms with Gasteiger partial charge in [0, 0.05) is 27.7 Å². The van der Waals surface area contributed by atoms with Crippen LogP contribution in [0.1, 0.15) is 26.4 Å². The number of hydrogen-bond acceptors (Lipinski definition) is 4. The van der Waals surface area contributed by atoms with E-state index in [1.807, 2.05) is 23.5 Å². The zero-order chi connectivity index (χ0) is 12.1. The minimum Gasteiger partial charge on any atom is -0.307 e. The van der Waals surface area contributed by atoms with Crippen LogP contribution in [0, 0.1) is 11.3 Å². The van der Waals surface area contributed by atoms with Crippen LogP contribution < -0.4 is 5.32 Å². The van der Waals surface area contributed by atoms with E-state index in [0.717, 1.165) is 24.4 Å². The lowest BCUT2D eigenvalue weighted by Crippen LogP contribution is -2.10. The van der Waals surface area contributed by atoms with Crippen molar-refractivity contribution in [3.05, 3.63) is 43.8 Å². The van der Waals surface area contributed by atoms with Crippen molar-refractivity contribution in [3.63, 3.8) is 0 Å². The highest BCUT2D eigenvalue weighted by molar-refractivity contribution is 7.12. The standard InChI is InChI=1S/C13H14N2S2/c1-2-10-3-5-12(16-10)8-15-9-13-6-4-11(7-14)17-13/h3-6,15H,2,8-9H2,1H3. The summed E-state index contributed by atoms with van der Waals surface area (Å²) >= 11 is 3.42. The Kier molecular flexibility index (Phi) is 4.32. The van der Waals surface area contributed by atoms with E-state index in [-0.39, 0.29) is 0 Å². The van der Waals surface area contributed by atoms with Crippen LogP contribution in [0.4, 0.5) is 0 Å². The minimum absolute atomic E-state index is 0.784. The monoisotopic (exact) mass is 262 g/mol. The molecule has 2 aromatic heterocycles. The molecule has 2 nitrogen and oxygen atoms in total. The van der Waals surface area contributed by atoms with Gasteiger partial charge in [0.1, 0.15) is 10.9 Å². The van der Waals surface area contributed by atoms with Gasteiger partial charge in [0.2, 0.25) is 0 Å². The van der Waals surface area contributed by atoms with Crippen LogP contribution in [-0.2, 0) is 19.5 Å². The van der Waals surface area contributed by atoms with Crippen LogP contribution >= 0.6 is 22.7 Å². The smallest absolute Gasteiger partial charge is 0.110 e. The number of hydrogen-bond donors (Lipinski definition) is 1. The van der Waals surface area contributed by atoms with E-state index in [9.17, 15) is 0 Å². The second-order valence-corrected chi connectivity index (χ2v) is 6.12. The van der Waals surface area contributed by atoms with Gasteiger partial charge in [-0.1, -0.05) is 6.92 Å². The molecular weight excluding hydrogens is 248 g/mol.